The Hall–Kier alpha value is -3.48. The number of aryl methyl sites for hydroxylation is 1. The highest BCUT2D eigenvalue weighted by atomic mass is 19.1. The van der Waals surface area contributed by atoms with Crippen molar-refractivity contribution < 1.29 is 14.0 Å². The Morgan fingerprint density at radius 2 is 1.89 bits per heavy atom. The van der Waals surface area contributed by atoms with Crippen LogP contribution in [0.15, 0.2) is 53.3 Å². The fourth-order valence-electron chi connectivity index (χ4n) is 2.79. The van der Waals surface area contributed by atoms with Crippen LogP contribution in [0, 0.1) is 5.82 Å². The zero-order chi connectivity index (χ0) is 19.4. The molecule has 0 radical (unpaired) electrons. The molecule has 0 saturated heterocycles. The number of carbonyl (C=O) groups excluding carboxylic acids is 2. The number of benzene rings is 2. The number of H-pyrrole nitrogens is 1. The largest absolute Gasteiger partial charge is 0.355 e. The minimum atomic E-state index is -0.431. The number of rotatable bonds is 5. The van der Waals surface area contributed by atoms with Crippen molar-refractivity contribution in [2.24, 2.45) is 0 Å². The summed E-state index contributed by atoms with van der Waals surface area (Å²) in [7, 11) is 1.51. The minimum Gasteiger partial charge on any atom is -0.355 e. The third kappa shape index (κ3) is 4.20. The van der Waals surface area contributed by atoms with Gasteiger partial charge in [-0.3, -0.25) is 14.4 Å². The highest BCUT2D eigenvalue weighted by Gasteiger charge is 2.12. The van der Waals surface area contributed by atoms with E-state index in [1.54, 1.807) is 36.4 Å². The van der Waals surface area contributed by atoms with Gasteiger partial charge in [-0.1, -0.05) is 12.1 Å². The van der Waals surface area contributed by atoms with Gasteiger partial charge >= 0.3 is 0 Å². The van der Waals surface area contributed by atoms with Crippen LogP contribution in [0.25, 0.3) is 10.9 Å². The summed E-state index contributed by atoms with van der Waals surface area (Å²) < 4.78 is 13.2. The SMILES string of the molecule is CNC(=O)c1ccccc1NC(=O)CCc1cc2ccc(F)cc2[nH]c1=O. The predicted molar refractivity (Wildman–Crippen MR) is 101 cm³/mol. The Kier molecular flexibility index (Phi) is 5.30. The van der Waals surface area contributed by atoms with E-state index in [0.717, 1.165) is 0 Å². The second-order valence-corrected chi connectivity index (χ2v) is 6.03. The minimum absolute atomic E-state index is 0.0673. The standard InChI is InChI=1S/C20H18FN3O3/c1-22-20(27)15-4-2-3-5-16(15)23-18(25)9-7-13-10-12-6-8-14(21)11-17(12)24-19(13)26/h2-6,8,10-11H,7,9H2,1H3,(H,22,27)(H,23,25)(H,24,26). The first kappa shape index (κ1) is 18.3. The van der Waals surface area contributed by atoms with Crippen molar-refractivity contribution in [2.45, 2.75) is 12.8 Å². The van der Waals surface area contributed by atoms with Gasteiger partial charge in [-0.15, -0.1) is 0 Å². The van der Waals surface area contributed by atoms with E-state index in [1.807, 2.05) is 0 Å². The lowest BCUT2D eigenvalue weighted by atomic mass is 10.1. The average molecular weight is 367 g/mol. The number of hydrogen-bond acceptors (Lipinski definition) is 3. The molecule has 0 saturated carbocycles. The Bertz CT molecular complexity index is 1080. The zero-order valence-electron chi connectivity index (χ0n) is 14.6. The summed E-state index contributed by atoms with van der Waals surface area (Å²) >= 11 is 0. The lowest BCUT2D eigenvalue weighted by molar-refractivity contribution is -0.116. The number of nitrogens with one attached hydrogen (secondary N) is 3. The van der Waals surface area contributed by atoms with Crippen LogP contribution in [0.2, 0.25) is 0 Å². The maximum atomic E-state index is 13.2. The van der Waals surface area contributed by atoms with E-state index in [2.05, 4.69) is 15.6 Å². The number of hydrogen-bond donors (Lipinski definition) is 3. The van der Waals surface area contributed by atoms with Gasteiger partial charge in [0.2, 0.25) is 5.91 Å². The molecule has 2 aromatic carbocycles. The Labute approximate surface area is 154 Å². The van der Waals surface area contributed by atoms with Crippen LogP contribution in [0.5, 0.6) is 0 Å². The molecule has 3 N–H and O–H groups in total. The molecule has 2 amide bonds. The zero-order valence-corrected chi connectivity index (χ0v) is 14.6. The smallest absolute Gasteiger partial charge is 0.253 e. The van der Waals surface area contributed by atoms with Gasteiger partial charge in [-0.25, -0.2) is 4.39 Å². The molecular formula is C20H18FN3O3. The Morgan fingerprint density at radius 1 is 1.11 bits per heavy atom. The van der Waals surface area contributed by atoms with E-state index in [9.17, 15) is 18.8 Å². The van der Waals surface area contributed by atoms with Gasteiger partial charge in [0.15, 0.2) is 0 Å². The molecule has 138 valence electrons. The molecule has 0 bridgehead atoms. The quantitative estimate of drug-likeness (QED) is 0.647. The summed E-state index contributed by atoms with van der Waals surface area (Å²) in [5.74, 6) is -1.05. The van der Waals surface area contributed by atoms with E-state index in [0.29, 0.717) is 27.7 Å². The molecule has 6 nitrogen and oxygen atoms in total. The highest BCUT2D eigenvalue weighted by Crippen LogP contribution is 2.16. The summed E-state index contributed by atoms with van der Waals surface area (Å²) in [6.07, 6.45) is 0.286. The van der Waals surface area contributed by atoms with Crippen LogP contribution in [0.4, 0.5) is 10.1 Å². The number of halogens is 1. The summed E-state index contributed by atoms with van der Waals surface area (Å²) in [5, 5.41) is 5.91. The average Bonchev–Trinajstić information content (AvgIpc) is 2.66. The molecule has 0 aliphatic rings. The monoisotopic (exact) mass is 367 g/mol. The summed E-state index contributed by atoms with van der Waals surface area (Å²) in [5.41, 5.74) is 1.26. The Morgan fingerprint density at radius 3 is 2.67 bits per heavy atom. The van der Waals surface area contributed by atoms with Gasteiger partial charge in [0.1, 0.15) is 5.82 Å². The first-order valence-corrected chi connectivity index (χ1v) is 8.40. The third-order valence-electron chi connectivity index (χ3n) is 4.18. The number of aromatic nitrogens is 1. The van der Waals surface area contributed by atoms with Crippen molar-refractivity contribution in [3.8, 4) is 0 Å². The van der Waals surface area contributed by atoms with E-state index in [-0.39, 0.29) is 30.2 Å². The number of carbonyl (C=O) groups is 2. The molecule has 0 atom stereocenters. The second kappa shape index (κ2) is 7.82. The number of pyridine rings is 1. The molecule has 1 aromatic heterocycles. The van der Waals surface area contributed by atoms with Crippen molar-refractivity contribution in [3.05, 3.63) is 75.8 Å². The molecule has 0 fully saturated rings. The van der Waals surface area contributed by atoms with Crippen molar-refractivity contribution in [1.29, 1.82) is 0 Å². The van der Waals surface area contributed by atoms with Crippen LogP contribution in [0.3, 0.4) is 0 Å². The van der Waals surface area contributed by atoms with Gasteiger partial charge in [-0.05, 0) is 48.2 Å². The van der Waals surface area contributed by atoms with Crippen molar-refractivity contribution in [2.75, 3.05) is 12.4 Å². The molecule has 3 aromatic rings. The fraction of sp³-hybridized carbons (Fsp3) is 0.150. The summed E-state index contributed by atoms with van der Waals surface area (Å²) in [4.78, 5) is 38.9. The molecule has 7 heteroatoms. The normalized spacial score (nSPS) is 10.6. The number of anilines is 1. The van der Waals surface area contributed by atoms with E-state index < -0.39 is 5.82 Å². The van der Waals surface area contributed by atoms with E-state index in [4.69, 9.17) is 0 Å². The van der Waals surface area contributed by atoms with E-state index in [1.165, 1.54) is 19.2 Å². The van der Waals surface area contributed by atoms with Gasteiger partial charge in [-0.2, -0.15) is 0 Å². The second-order valence-electron chi connectivity index (χ2n) is 6.03. The maximum Gasteiger partial charge on any atom is 0.253 e. The number of amides is 2. The fourth-order valence-corrected chi connectivity index (χ4v) is 2.79. The van der Waals surface area contributed by atoms with Crippen molar-refractivity contribution >= 4 is 28.4 Å². The molecule has 0 unspecified atom stereocenters. The predicted octanol–water partition coefficient (Wildman–Crippen LogP) is 2.60. The molecule has 27 heavy (non-hydrogen) atoms. The van der Waals surface area contributed by atoms with Crippen LogP contribution in [-0.2, 0) is 11.2 Å². The topological polar surface area (TPSA) is 91.1 Å². The van der Waals surface area contributed by atoms with Gasteiger partial charge in [0.05, 0.1) is 16.8 Å². The van der Waals surface area contributed by atoms with Gasteiger partial charge in [0.25, 0.3) is 11.5 Å². The molecular weight excluding hydrogens is 349 g/mol. The molecule has 1 heterocycles. The van der Waals surface area contributed by atoms with Gasteiger partial charge < -0.3 is 15.6 Å². The molecule has 0 aliphatic carbocycles. The van der Waals surface area contributed by atoms with Crippen LogP contribution < -0.4 is 16.2 Å². The number of para-hydroxylation sites is 1. The van der Waals surface area contributed by atoms with Crippen LogP contribution >= 0.6 is 0 Å². The maximum absolute atomic E-state index is 13.2. The summed E-state index contributed by atoms with van der Waals surface area (Å²) in [6, 6.07) is 12.5. The molecule has 0 spiro atoms. The molecule has 0 aliphatic heterocycles. The first-order valence-electron chi connectivity index (χ1n) is 8.40. The van der Waals surface area contributed by atoms with Crippen molar-refractivity contribution in [1.82, 2.24) is 10.3 Å². The highest BCUT2D eigenvalue weighted by molar-refractivity contribution is 6.03. The summed E-state index contributed by atoms with van der Waals surface area (Å²) in [6.45, 7) is 0. The lowest BCUT2D eigenvalue weighted by Gasteiger charge is -2.10. The molecule has 3 rings (SSSR count). The van der Waals surface area contributed by atoms with Crippen molar-refractivity contribution in [3.63, 3.8) is 0 Å². The first-order chi connectivity index (χ1) is 13.0. The van der Waals surface area contributed by atoms with E-state index >= 15 is 0 Å². The lowest BCUT2D eigenvalue weighted by Crippen LogP contribution is -2.22. The van der Waals surface area contributed by atoms with Crippen LogP contribution in [0.1, 0.15) is 22.3 Å². The number of fused-ring (bicyclic) bond motifs is 1. The number of aromatic amines is 1. The Balaban J connectivity index is 1.72. The third-order valence-corrected chi connectivity index (χ3v) is 4.18. The van der Waals surface area contributed by atoms with Crippen LogP contribution in [-0.4, -0.2) is 23.8 Å². The van der Waals surface area contributed by atoms with Gasteiger partial charge in [0, 0.05) is 19.0 Å².